The van der Waals surface area contributed by atoms with Crippen molar-refractivity contribution in [3.63, 3.8) is 0 Å². The minimum absolute atomic E-state index is 0.0543. The Morgan fingerprint density at radius 2 is 1.94 bits per heavy atom. The first kappa shape index (κ1) is 11.4. The highest BCUT2D eigenvalue weighted by molar-refractivity contribution is 6.35. The van der Waals surface area contributed by atoms with Crippen LogP contribution in [-0.2, 0) is 11.5 Å². The lowest BCUT2D eigenvalue weighted by Crippen LogP contribution is -1.82. The summed E-state index contributed by atoms with van der Waals surface area (Å²) in [6.45, 7) is -0.0543. The van der Waals surface area contributed by atoms with Gasteiger partial charge in [-0.1, -0.05) is 23.2 Å². The molecule has 1 N–H and O–H groups in total. The van der Waals surface area contributed by atoms with E-state index in [9.17, 15) is 0 Å². The first-order chi connectivity index (χ1) is 7.69. The quantitative estimate of drug-likeness (QED) is 0.676. The van der Waals surface area contributed by atoms with Gasteiger partial charge >= 0.3 is 0 Å². The smallest absolute Gasteiger partial charge is 0.226 e. The van der Waals surface area contributed by atoms with E-state index >= 15 is 0 Å². The van der Waals surface area contributed by atoms with Crippen LogP contribution < -0.4 is 0 Å². The average Bonchev–Trinajstić information content (AvgIpc) is 2.65. The molecular formula is C10H7Cl2NO3. The number of rotatable bonds is 3. The van der Waals surface area contributed by atoms with Crippen molar-refractivity contribution in [3.8, 4) is 11.5 Å². The van der Waals surface area contributed by atoms with Crippen LogP contribution in [0.2, 0.25) is 10.0 Å². The number of nitrogens with zero attached hydrogens (tertiary/aromatic N) is 1. The van der Waals surface area contributed by atoms with Gasteiger partial charge in [-0.3, -0.25) is 5.26 Å². The molecule has 1 aromatic carbocycles. The third-order valence-corrected chi connectivity index (χ3v) is 2.31. The molecule has 0 amide bonds. The van der Waals surface area contributed by atoms with Crippen molar-refractivity contribution in [2.45, 2.75) is 6.61 Å². The van der Waals surface area contributed by atoms with Crippen LogP contribution in [0.25, 0.3) is 11.5 Å². The zero-order valence-corrected chi connectivity index (χ0v) is 9.50. The molecule has 0 fully saturated rings. The minimum Gasteiger partial charge on any atom is -0.439 e. The fourth-order valence-corrected chi connectivity index (χ4v) is 1.77. The van der Waals surface area contributed by atoms with Crippen LogP contribution in [0.4, 0.5) is 0 Å². The van der Waals surface area contributed by atoms with Gasteiger partial charge in [0.15, 0.2) is 5.76 Å². The zero-order valence-electron chi connectivity index (χ0n) is 7.98. The standard InChI is InChI=1S/C10H7Cl2NO3/c11-7-1-6(2-8(12)3-7)10-13-4-9(16-10)5-15-14/h1-4,14H,5H2. The lowest BCUT2D eigenvalue weighted by Gasteiger charge is -1.98. The highest BCUT2D eigenvalue weighted by Crippen LogP contribution is 2.26. The van der Waals surface area contributed by atoms with Crippen LogP contribution in [0, 0.1) is 0 Å². The lowest BCUT2D eigenvalue weighted by molar-refractivity contribution is -0.255. The summed E-state index contributed by atoms with van der Waals surface area (Å²) < 4.78 is 5.31. The molecule has 0 radical (unpaired) electrons. The molecule has 84 valence electrons. The highest BCUT2D eigenvalue weighted by Gasteiger charge is 2.08. The first-order valence-electron chi connectivity index (χ1n) is 4.36. The van der Waals surface area contributed by atoms with E-state index in [1.54, 1.807) is 18.2 Å². The number of hydrogen-bond acceptors (Lipinski definition) is 4. The molecule has 0 saturated carbocycles. The van der Waals surface area contributed by atoms with Gasteiger partial charge in [-0.25, -0.2) is 9.87 Å². The molecule has 0 bridgehead atoms. The first-order valence-corrected chi connectivity index (χ1v) is 5.12. The Morgan fingerprint density at radius 3 is 2.56 bits per heavy atom. The van der Waals surface area contributed by atoms with E-state index in [0.29, 0.717) is 27.3 Å². The van der Waals surface area contributed by atoms with Crippen molar-refractivity contribution >= 4 is 23.2 Å². The van der Waals surface area contributed by atoms with Crippen molar-refractivity contribution in [2.75, 3.05) is 0 Å². The number of benzene rings is 1. The largest absolute Gasteiger partial charge is 0.439 e. The van der Waals surface area contributed by atoms with Crippen molar-refractivity contribution in [1.29, 1.82) is 0 Å². The number of aromatic nitrogens is 1. The van der Waals surface area contributed by atoms with Crippen molar-refractivity contribution in [2.24, 2.45) is 0 Å². The van der Waals surface area contributed by atoms with E-state index in [-0.39, 0.29) is 6.61 Å². The summed E-state index contributed by atoms with van der Waals surface area (Å²) in [6.07, 6.45) is 1.46. The second kappa shape index (κ2) is 4.84. The molecule has 0 atom stereocenters. The topological polar surface area (TPSA) is 55.5 Å². The van der Waals surface area contributed by atoms with Gasteiger partial charge in [0.25, 0.3) is 0 Å². The monoisotopic (exact) mass is 259 g/mol. The molecule has 6 heteroatoms. The predicted octanol–water partition coefficient (Wildman–Crippen LogP) is 3.64. The number of hydrogen-bond donors (Lipinski definition) is 1. The van der Waals surface area contributed by atoms with E-state index in [2.05, 4.69) is 9.87 Å². The van der Waals surface area contributed by atoms with Gasteiger partial charge in [0.05, 0.1) is 6.20 Å². The van der Waals surface area contributed by atoms with E-state index in [0.717, 1.165) is 0 Å². The molecule has 4 nitrogen and oxygen atoms in total. The summed E-state index contributed by atoms with van der Waals surface area (Å²) in [4.78, 5) is 7.95. The maximum absolute atomic E-state index is 8.26. The molecule has 0 aliphatic heterocycles. The van der Waals surface area contributed by atoms with Gasteiger partial charge in [-0.2, -0.15) is 0 Å². The fraction of sp³-hybridized carbons (Fsp3) is 0.100. The highest BCUT2D eigenvalue weighted by atomic mass is 35.5. The SMILES string of the molecule is OOCc1cnc(-c2cc(Cl)cc(Cl)c2)o1. The maximum Gasteiger partial charge on any atom is 0.226 e. The molecule has 0 aliphatic carbocycles. The summed E-state index contributed by atoms with van der Waals surface area (Å²) in [6, 6.07) is 4.99. The van der Waals surface area contributed by atoms with Gasteiger partial charge < -0.3 is 4.42 Å². The van der Waals surface area contributed by atoms with Crippen LogP contribution in [-0.4, -0.2) is 10.2 Å². The van der Waals surface area contributed by atoms with Gasteiger partial charge in [-0.15, -0.1) is 0 Å². The fourth-order valence-electron chi connectivity index (χ4n) is 1.25. The molecule has 16 heavy (non-hydrogen) atoms. The van der Waals surface area contributed by atoms with E-state index < -0.39 is 0 Å². The van der Waals surface area contributed by atoms with Crippen LogP contribution in [0.1, 0.15) is 5.76 Å². The summed E-state index contributed by atoms with van der Waals surface area (Å²) >= 11 is 11.7. The lowest BCUT2D eigenvalue weighted by atomic mass is 10.2. The summed E-state index contributed by atoms with van der Waals surface area (Å²) in [7, 11) is 0. The van der Waals surface area contributed by atoms with Crippen molar-refractivity contribution < 1.29 is 14.6 Å². The molecule has 2 aromatic rings. The summed E-state index contributed by atoms with van der Waals surface area (Å²) in [5, 5.41) is 9.26. The Balaban J connectivity index is 2.34. The molecule has 1 heterocycles. The van der Waals surface area contributed by atoms with Gasteiger partial charge in [-0.05, 0) is 18.2 Å². The molecule has 0 aliphatic rings. The van der Waals surface area contributed by atoms with Crippen molar-refractivity contribution in [3.05, 3.63) is 40.2 Å². The molecule has 2 rings (SSSR count). The Bertz CT molecular complexity index is 478. The van der Waals surface area contributed by atoms with E-state index in [1.807, 2.05) is 0 Å². The van der Waals surface area contributed by atoms with Crippen LogP contribution in [0.3, 0.4) is 0 Å². The Kier molecular flexibility index (Phi) is 3.46. The predicted molar refractivity (Wildman–Crippen MR) is 59.4 cm³/mol. The molecular weight excluding hydrogens is 253 g/mol. The molecule has 1 aromatic heterocycles. The Hall–Kier alpha value is -1.07. The molecule has 0 unspecified atom stereocenters. The maximum atomic E-state index is 8.26. The van der Waals surface area contributed by atoms with Crippen LogP contribution >= 0.6 is 23.2 Å². The Labute approximate surface area is 101 Å². The Morgan fingerprint density at radius 1 is 1.25 bits per heavy atom. The number of halogens is 2. The van der Waals surface area contributed by atoms with Crippen LogP contribution in [0.15, 0.2) is 28.8 Å². The third-order valence-electron chi connectivity index (χ3n) is 1.87. The minimum atomic E-state index is -0.0543. The number of oxazole rings is 1. The van der Waals surface area contributed by atoms with Gasteiger partial charge in [0, 0.05) is 15.6 Å². The van der Waals surface area contributed by atoms with Crippen LogP contribution in [0.5, 0.6) is 0 Å². The third kappa shape index (κ3) is 2.54. The van der Waals surface area contributed by atoms with Gasteiger partial charge in [0.2, 0.25) is 5.89 Å². The average molecular weight is 260 g/mol. The van der Waals surface area contributed by atoms with E-state index in [1.165, 1.54) is 6.20 Å². The van der Waals surface area contributed by atoms with Crippen molar-refractivity contribution in [1.82, 2.24) is 4.98 Å². The normalized spacial score (nSPS) is 10.7. The zero-order chi connectivity index (χ0) is 11.5. The summed E-state index contributed by atoms with van der Waals surface area (Å²) in [5.74, 6) is 0.782. The van der Waals surface area contributed by atoms with E-state index in [4.69, 9.17) is 32.9 Å². The summed E-state index contributed by atoms with van der Waals surface area (Å²) in [5.41, 5.74) is 0.668. The van der Waals surface area contributed by atoms with Gasteiger partial charge in [0.1, 0.15) is 6.61 Å². The molecule has 0 saturated heterocycles. The molecule has 0 spiro atoms. The second-order valence-corrected chi connectivity index (χ2v) is 3.94. The second-order valence-electron chi connectivity index (χ2n) is 3.06.